The molecule has 0 unspecified atom stereocenters. The topological polar surface area (TPSA) is 28.7 Å². The second kappa shape index (κ2) is 1.32. The molecule has 0 atom stereocenters. The second-order valence-corrected chi connectivity index (χ2v) is 2.49. The van der Waals surface area contributed by atoms with Crippen LogP contribution in [0.2, 0.25) is 0 Å². The highest BCUT2D eigenvalue weighted by molar-refractivity contribution is 7.16. The third-order valence-electron chi connectivity index (χ3n) is 1.07. The van der Waals surface area contributed by atoms with Crippen molar-refractivity contribution in [2.45, 2.75) is 0 Å². The molecule has 0 aromatic carbocycles. The Balaban J connectivity index is 3.06. The Morgan fingerprint density at radius 2 is 2.62 bits per heavy atom. The van der Waals surface area contributed by atoms with E-state index < -0.39 is 0 Å². The van der Waals surface area contributed by atoms with Gasteiger partial charge < -0.3 is 0 Å². The minimum atomic E-state index is 1.16. The van der Waals surface area contributed by atoms with Gasteiger partial charge in [-0.2, -0.15) is 5.10 Å². The van der Waals surface area contributed by atoms with E-state index in [4.69, 9.17) is 0 Å². The third kappa shape index (κ3) is 0.391. The average molecular weight is 124 g/mol. The largest absolute Gasteiger partial charge is 0.268 e. The summed E-state index contributed by atoms with van der Waals surface area (Å²) < 4.78 is 0. The van der Waals surface area contributed by atoms with Crippen LogP contribution in [0.5, 0.6) is 0 Å². The maximum absolute atomic E-state index is 3.85. The lowest BCUT2D eigenvalue weighted by Gasteiger charge is -1.64. The second-order valence-electron chi connectivity index (χ2n) is 1.58. The van der Waals surface area contributed by atoms with Crippen molar-refractivity contribution in [2.75, 3.05) is 0 Å². The van der Waals surface area contributed by atoms with Crippen LogP contribution in [0.25, 0.3) is 10.2 Å². The summed E-state index contributed by atoms with van der Waals surface area (Å²) in [5, 5.41) is 9.96. The van der Waals surface area contributed by atoms with Gasteiger partial charge in [0.25, 0.3) is 0 Å². The van der Waals surface area contributed by atoms with Gasteiger partial charge in [-0.15, -0.1) is 11.3 Å². The van der Waals surface area contributed by atoms with E-state index in [1.165, 1.54) is 5.39 Å². The fourth-order valence-corrected chi connectivity index (χ4v) is 1.39. The Kier molecular flexibility index (Phi) is 0.676. The first-order valence-corrected chi connectivity index (χ1v) is 3.21. The number of thiophene rings is 1. The molecule has 2 nitrogen and oxygen atoms in total. The van der Waals surface area contributed by atoms with Crippen molar-refractivity contribution in [3.63, 3.8) is 0 Å². The monoisotopic (exact) mass is 124 g/mol. The van der Waals surface area contributed by atoms with Gasteiger partial charge in [0.2, 0.25) is 0 Å². The molecule has 40 valence electrons. The Labute approximate surface area is 50.2 Å². The fraction of sp³-hybridized carbons (Fsp3) is 0. The van der Waals surface area contributed by atoms with Crippen molar-refractivity contribution in [1.29, 1.82) is 0 Å². The Morgan fingerprint density at radius 1 is 1.62 bits per heavy atom. The lowest BCUT2D eigenvalue weighted by molar-refractivity contribution is 1.13. The molecule has 1 N–H and O–H groups in total. The number of nitrogens with zero attached hydrogens (tertiary/aromatic N) is 1. The van der Waals surface area contributed by atoms with E-state index in [0.29, 0.717) is 0 Å². The highest BCUT2D eigenvalue weighted by Crippen LogP contribution is 2.15. The molecule has 0 amide bonds. The zero-order valence-corrected chi connectivity index (χ0v) is 4.90. The molecule has 0 spiro atoms. The van der Waals surface area contributed by atoms with Crippen molar-refractivity contribution in [3.05, 3.63) is 17.6 Å². The molecule has 2 aromatic heterocycles. The first kappa shape index (κ1) is 4.09. The number of hydrogen-bond acceptors (Lipinski definition) is 2. The molecule has 0 fully saturated rings. The van der Waals surface area contributed by atoms with E-state index in [0.717, 1.165) is 4.83 Å². The number of hydrogen-bond donors (Lipinski definition) is 1. The van der Waals surface area contributed by atoms with Crippen molar-refractivity contribution >= 4 is 21.6 Å². The molecule has 0 aliphatic carbocycles. The molecule has 0 radical (unpaired) electrons. The van der Waals surface area contributed by atoms with E-state index in [9.17, 15) is 0 Å². The summed E-state index contributed by atoms with van der Waals surface area (Å²) in [6.07, 6.45) is 1.83. The van der Waals surface area contributed by atoms with E-state index in [2.05, 4.69) is 10.2 Å². The average Bonchev–Trinajstić information content (AvgIpc) is 2.15. The summed E-state index contributed by atoms with van der Waals surface area (Å²) in [6.45, 7) is 0. The summed E-state index contributed by atoms with van der Waals surface area (Å²) in [5.41, 5.74) is 0. The summed E-state index contributed by atoms with van der Waals surface area (Å²) in [7, 11) is 0. The van der Waals surface area contributed by atoms with Crippen LogP contribution in [0.3, 0.4) is 0 Å². The van der Waals surface area contributed by atoms with E-state index in [1.807, 2.05) is 17.6 Å². The number of rotatable bonds is 0. The van der Waals surface area contributed by atoms with Crippen LogP contribution in [-0.4, -0.2) is 10.2 Å². The van der Waals surface area contributed by atoms with Crippen molar-refractivity contribution in [3.8, 4) is 0 Å². The lowest BCUT2D eigenvalue weighted by Crippen LogP contribution is -1.56. The minimum Gasteiger partial charge on any atom is -0.268 e. The van der Waals surface area contributed by atoms with Crippen LogP contribution in [0.15, 0.2) is 17.6 Å². The smallest absolute Gasteiger partial charge is 0.118 e. The van der Waals surface area contributed by atoms with E-state index >= 15 is 0 Å². The fourth-order valence-electron chi connectivity index (χ4n) is 0.672. The van der Waals surface area contributed by atoms with Crippen LogP contribution >= 0.6 is 11.3 Å². The SMILES string of the molecule is c1cc2cn[nH]c2s1. The molecular formula is C5H4N2S. The number of aromatic nitrogens is 2. The van der Waals surface area contributed by atoms with Crippen LogP contribution in [-0.2, 0) is 0 Å². The summed E-state index contributed by atoms with van der Waals surface area (Å²) in [5.74, 6) is 0. The highest BCUT2D eigenvalue weighted by atomic mass is 32.1. The summed E-state index contributed by atoms with van der Waals surface area (Å²) in [6, 6.07) is 2.05. The van der Waals surface area contributed by atoms with Crippen molar-refractivity contribution in [2.24, 2.45) is 0 Å². The Bertz CT molecular complexity index is 232. The molecular weight excluding hydrogens is 120 g/mol. The third-order valence-corrected chi connectivity index (χ3v) is 1.90. The van der Waals surface area contributed by atoms with Crippen molar-refractivity contribution in [1.82, 2.24) is 10.2 Å². The van der Waals surface area contributed by atoms with Crippen LogP contribution in [0.1, 0.15) is 0 Å². The van der Waals surface area contributed by atoms with Gasteiger partial charge in [-0.25, -0.2) is 0 Å². The van der Waals surface area contributed by atoms with Gasteiger partial charge in [0, 0.05) is 5.39 Å². The molecule has 0 bridgehead atoms. The number of aromatic amines is 1. The first-order valence-electron chi connectivity index (χ1n) is 2.33. The van der Waals surface area contributed by atoms with E-state index in [1.54, 1.807) is 11.3 Å². The molecule has 2 heterocycles. The number of fused-ring (bicyclic) bond motifs is 1. The van der Waals surface area contributed by atoms with Gasteiger partial charge in [-0.1, -0.05) is 0 Å². The molecule has 0 saturated heterocycles. The molecule has 0 aliphatic heterocycles. The normalized spacial score (nSPS) is 10.5. The van der Waals surface area contributed by atoms with Gasteiger partial charge in [-0.3, -0.25) is 5.10 Å². The zero-order chi connectivity index (χ0) is 5.40. The van der Waals surface area contributed by atoms with Gasteiger partial charge in [0.15, 0.2) is 0 Å². The van der Waals surface area contributed by atoms with E-state index in [-0.39, 0.29) is 0 Å². The molecule has 0 aliphatic rings. The highest BCUT2D eigenvalue weighted by Gasteiger charge is 1.91. The van der Waals surface area contributed by atoms with Crippen LogP contribution in [0, 0.1) is 0 Å². The molecule has 8 heavy (non-hydrogen) atoms. The summed E-state index contributed by atoms with van der Waals surface area (Å²) in [4.78, 5) is 1.16. The van der Waals surface area contributed by atoms with Crippen molar-refractivity contribution < 1.29 is 0 Å². The maximum Gasteiger partial charge on any atom is 0.118 e. The molecule has 2 rings (SSSR count). The van der Waals surface area contributed by atoms with Crippen LogP contribution < -0.4 is 0 Å². The van der Waals surface area contributed by atoms with Gasteiger partial charge >= 0.3 is 0 Å². The number of nitrogens with one attached hydrogen (secondary N) is 1. The standard InChI is InChI=1S/C5H4N2S/c1-2-8-5-4(1)3-6-7-5/h1-3H,(H,6,7). The predicted octanol–water partition coefficient (Wildman–Crippen LogP) is 1.62. The minimum absolute atomic E-state index is 1.16. The summed E-state index contributed by atoms with van der Waals surface area (Å²) >= 11 is 1.68. The molecule has 3 heteroatoms. The van der Waals surface area contributed by atoms with Gasteiger partial charge in [0.1, 0.15) is 4.83 Å². The Morgan fingerprint density at radius 3 is 3.50 bits per heavy atom. The molecule has 2 aromatic rings. The lowest BCUT2D eigenvalue weighted by atomic mass is 10.5. The first-order chi connectivity index (χ1) is 3.97. The number of H-pyrrole nitrogens is 1. The maximum atomic E-state index is 3.85. The van der Waals surface area contributed by atoms with Gasteiger partial charge in [-0.05, 0) is 11.4 Å². The van der Waals surface area contributed by atoms with Gasteiger partial charge in [0.05, 0.1) is 6.20 Å². The quantitative estimate of drug-likeness (QED) is 0.568. The zero-order valence-electron chi connectivity index (χ0n) is 4.09. The Hall–Kier alpha value is -0.830. The van der Waals surface area contributed by atoms with Crippen LogP contribution in [0.4, 0.5) is 0 Å². The predicted molar refractivity (Wildman–Crippen MR) is 34.0 cm³/mol. The molecule has 0 saturated carbocycles.